The van der Waals surface area contributed by atoms with Gasteiger partial charge in [-0.3, -0.25) is 4.79 Å². The van der Waals surface area contributed by atoms with Gasteiger partial charge in [-0.05, 0) is 49.4 Å². The molecule has 0 saturated heterocycles. The second-order valence-corrected chi connectivity index (χ2v) is 6.18. The average molecular weight is 336 g/mol. The number of nitrogens with zero attached hydrogens (tertiary/aromatic N) is 1. The van der Waals surface area contributed by atoms with E-state index in [0.29, 0.717) is 5.69 Å². The number of nitrogens with one attached hydrogen (secondary N) is 1. The van der Waals surface area contributed by atoms with Crippen LogP contribution in [-0.2, 0) is 6.18 Å². The van der Waals surface area contributed by atoms with Crippen LogP contribution in [0.2, 0.25) is 0 Å². The number of amides is 1. The number of halogens is 3. The largest absolute Gasteiger partial charge is 0.416 e. The molecule has 3 rings (SSSR count). The standard InChI is InChI=1S/C16H11F3N2OS/c1-9-20-13-7-6-12(8-14(13)23-9)21-15(22)10-2-4-11(5-3-10)16(17,18)19/h2-8H,1H3,(H,21,22). The van der Waals surface area contributed by atoms with Crippen molar-refractivity contribution in [3.63, 3.8) is 0 Å². The number of alkyl halides is 3. The van der Waals surface area contributed by atoms with E-state index in [1.807, 2.05) is 6.92 Å². The van der Waals surface area contributed by atoms with E-state index in [2.05, 4.69) is 10.3 Å². The van der Waals surface area contributed by atoms with Gasteiger partial charge in [0.15, 0.2) is 0 Å². The highest BCUT2D eigenvalue weighted by atomic mass is 32.1. The molecule has 0 radical (unpaired) electrons. The minimum atomic E-state index is -4.41. The molecule has 7 heteroatoms. The zero-order valence-corrected chi connectivity index (χ0v) is 12.8. The van der Waals surface area contributed by atoms with Crippen LogP contribution in [0.5, 0.6) is 0 Å². The number of hydrogen-bond acceptors (Lipinski definition) is 3. The van der Waals surface area contributed by atoms with E-state index in [4.69, 9.17) is 0 Å². The first-order valence-corrected chi connectivity index (χ1v) is 7.50. The van der Waals surface area contributed by atoms with Crippen molar-refractivity contribution in [2.75, 3.05) is 5.32 Å². The molecule has 0 spiro atoms. The SMILES string of the molecule is Cc1nc2ccc(NC(=O)c3ccc(C(F)(F)F)cc3)cc2s1. The number of anilines is 1. The third-order valence-electron chi connectivity index (χ3n) is 3.23. The van der Waals surface area contributed by atoms with Crippen molar-refractivity contribution in [1.82, 2.24) is 4.98 Å². The quantitative estimate of drug-likeness (QED) is 0.725. The van der Waals surface area contributed by atoms with E-state index >= 15 is 0 Å². The smallest absolute Gasteiger partial charge is 0.322 e. The molecule has 0 aliphatic rings. The van der Waals surface area contributed by atoms with Crippen LogP contribution in [0.3, 0.4) is 0 Å². The Morgan fingerprint density at radius 2 is 1.83 bits per heavy atom. The normalized spacial score (nSPS) is 11.7. The second kappa shape index (κ2) is 5.66. The number of carbonyl (C=O) groups excluding carboxylic acids is 1. The molecule has 0 bridgehead atoms. The number of aryl methyl sites for hydroxylation is 1. The molecule has 2 aromatic carbocycles. The first kappa shape index (κ1) is 15.5. The average Bonchev–Trinajstić information content (AvgIpc) is 2.86. The molecule has 118 valence electrons. The Hall–Kier alpha value is -2.41. The van der Waals surface area contributed by atoms with Gasteiger partial charge >= 0.3 is 6.18 Å². The van der Waals surface area contributed by atoms with Gasteiger partial charge in [-0.1, -0.05) is 0 Å². The molecule has 1 amide bonds. The van der Waals surface area contributed by atoms with Crippen LogP contribution in [0.15, 0.2) is 42.5 Å². The van der Waals surface area contributed by atoms with Crippen LogP contribution in [0.1, 0.15) is 20.9 Å². The fourth-order valence-electron chi connectivity index (χ4n) is 2.13. The zero-order valence-electron chi connectivity index (χ0n) is 11.9. The van der Waals surface area contributed by atoms with Crippen molar-refractivity contribution in [3.8, 4) is 0 Å². The summed E-state index contributed by atoms with van der Waals surface area (Å²) >= 11 is 1.51. The molecule has 3 aromatic rings. The van der Waals surface area contributed by atoms with Crippen molar-refractivity contribution in [3.05, 3.63) is 58.6 Å². The predicted molar refractivity (Wildman–Crippen MR) is 83.8 cm³/mol. The van der Waals surface area contributed by atoms with Crippen LogP contribution in [0, 0.1) is 6.92 Å². The molecule has 1 aromatic heterocycles. The van der Waals surface area contributed by atoms with E-state index < -0.39 is 17.6 Å². The van der Waals surface area contributed by atoms with Crippen LogP contribution in [-0.4, -0.2) is 10.9 Å². The fourth-order valence-corrected chi connectivity index (χ4v) is 3.00. The maximum atomic E-state index is 12.5. The van der Waals surface area contributed by atoms with Gasteiger partial charge in [0.05, 0.1) is 20.8 Å². The van der Waals surface area contributed by atoms with Gasteiger partial charge in [-0.25, -0.2) is 4.98 Å². The minimum Gasteiger partial charge on any atom is -0.322 e. The van der Waals surface area contributed by atoms with Gasteiger partial charge in [0.1, 0.15) is 0 Å². The van der Waals surface area contributed by atoms with Gasteiger partial charge in [0.25, 0.3) is 5.91 Å². The Morgan fingerprint density at radius 3 is 2.48 bits per heavy atom. The summed E-state index contributed by atoms with van der Waals surface area (Å²) in [4.78, 5) is 16.4. The predicted octanol–water partition coefficient (Wildman–Crippen LogP) is 4.88. The number of benzene rings is 2. The molecule has 0 unspecified atom stereocenters. The molecule has 0 aliphatic carbocycles. The van der Waals surface area contributed by atoms with E-state index in [1.54, 1.807) is 18.2 Å². The molecule has 1 N–H and O–H groups in total. The highest BCUT2D eigenvalue weighted by Gasteiger charge is 2.30. The monoisotopic (exact) mass is 336 g/mol. The van der Waals surface area contributed by atoms with E-state index in [1.165, 1.54) is 11.3 Å². The number of aromatic nitrogens is 1. The van der Waals surface area contributed by atoms with Crippen molar-refractivity contribution >= 4 is 33.1 Å². The van der Waals surface area contributed by atoms with E-state index in [0.717, 1.165) is 39.5 Å². The highest BCUT2D eigenvalue weighted by molar-refractivity contribution is 7.18. The molecule has 3 nitrogen and oxygen atoms in total. The molecular formula is C16H11F3N2OS. The lowest BCUT2D eigenvalue weighted by Crippen LogP contribution is -2.12. The number of fused-ring (bicyclic) bond motifs is 1. The highest BCUT2D eigenvalue weighted by Crippen LogP contribution is 2.29. The van der Waals surface area contributed by atoms with Gasteiger partial charge < -0.3 is 5.32 Å². The topological polar surface area (TPSA) is 42.0 Å². The Kier molecular flexibility index (Phi) is 3.81. The van der Waals surface area contributed by atoms with Gasteiger partial charge in [-0.2, -0.15) is 13.2 Å². The lowest BCUT2D eigenvalue weighted by molar-refractivity contribution is -0.137. The van der Waals surface area contributed by atoms with Crippen molar-refractivity contribution in [1.29, 1.82) is 0 Å². The summed E-state index contributed by atoms with van der Waals surface area (Å²) < 4.78 is 38.5. The number of hydrogen-bond donors (Lipinski definition) is 1. The molecule has 23 heavy (non-hydrogen) atoms. The van der Waals surface area contributed by atoms with Gasteiger partial charge in [-0.15, -0.1) is 11.3 Å². The van der Waals surface area contributed by atoms with Crippen LogP contribution >= 0.6 is 11.3 Å². The van der Waals surface area contributed by atoms with Gasteiger partial charge in [0.2, 0.25) is 0 Å². The Morgan fingerprint density at radius 1 is 1.13 bits per heavy atom. The third-order valence-corrected chi connectivity index (χ3v) is 4.16. The molecule has 0 saturated carbocycles. The molecular weight excluding hydrogens is 325 g/mol. The summed E-state index contributed by atoms with van der Waals surface area (Å²) in [6.07, 6.45) is -4.41. The number of thiazole rings is 1. The summed E-state index contributed by atoms with van der Waals surface area (Å²) in [7, 11) is 0. The number of rotatable bonds is 2. The van der Waals surface area contributed by atoms with Gasteiger partial charge in [0, 0.05) is 11.3 Å². The fraction of sp³-hybridized carbons (Fsp3) is 0.125. The Labute approximate surface area is 133 Å². The molecule has 0 atom stereocenters. The Balaban J connectivity index is 1.79. The van der Waals surface area contributed by atoms with E-state index in [9.17, 15) is 18.0 Å². The minimum absolute atomic E-state index is 0.165. The van der Waals surface area contributed by atoms with Crippen LogP contribution in [0.25, 0.3) is 10.2 Å². The van der Waals surface area contributed by atoms with Crippen LogP contribution in [0.4, 0.5) is 18.9 Å². The van der Waals surface area contributed by atoms with Crippen LogP contribution < -0.4 is 5.32 Å². The molecule has 0 aliphatic heterocycles. The maximum absolute atomic E-state index is 12.5. The first-order valence-electron chi connectivity index (χ1n) is 6.69. The summed E-state index contributed by atoms with van der Waals surface area (Å²) in [6.45, 7) is 1.89. The maximum Gasteiger partial charge on any atom is 0.416 e. The van der Waals surface area contributed by atoms with Crippen molar-refractivity contribution in [2.45, 2.75) is 13.1 Å². The Bertz CT molecular complexity index is 869. The summed E-state index contributed by atoms with van der Waals surface area (Å²) in [5.41, 5.74) is 0.806. The van der Waals surface area contributed by atoms with Crippen molar-refractivity contribution < 1.29 is 18.0 Å². The summed E-state index contributed by atoms with van der Waals surface area (Å²) in [6, 6.07) is 9.41. The second-order valence-electron chi connectivity index (χ2n) is 4.94. The molecule has 0 fully saturated rings. The lowest BCUT2D eigenvalue weighted by Gasteiger charge is -2.08. The third kappa shape index (κ3) is 3.34. The van der Waals surface area contributed by atoms with E-state index in [-0.39, 0.29) is 5.56 Å². The molecule has 1 heterocycles. The summed E-state index contributed by atoms with van der Waals surface area (Å²) in [5.74, 6) is -0.459. The van der Waals surface area contributed by atoms with Crippen molar-refractivity contribution in [2.24, 2.45) is 0 Å². The zero-order chi connectivity index (χ0) is 16.6. The summed E-state index contributed by atoms with van der Waals surface area (Å²) in [5, 5.41) is 3.60. The first-order chi connectivity index (χ1) is 10.8. The number of carbonyl (C=O) groups is 1. The lowest BCUT2D eigenvalue weighted by atomic mass is 10.1.